The zero-order valence-corrected chi connectivity index (χ0v) is 11.2. The zero-order valence-electron chi connectivity index (χ0n) is 11.2. The fourth-order valence-electron chi connectivity index (χ4n) is 2.01. The van der Waals surface area contributed by atoms with Gasteiger partial charge in [-0.05, 0) is 48.5 Å². The maximum Gasteiger partial charge on any atom is 0.118 e. The van der Waals surface area contributed by atoms with Gasteiger partial charge in [0.25, 0.3) is 0 Å². The van der Waals surface area contributed by atoms with Gasteiger partial charge in [0.1, 0.15) is 5.75 Å². The van der Waals surface area contributed by atoms with E-state index in [2.05, 4.69) is 9.97 Å². The molecule has 3 aromatic rings. The van der Waals surface area contributed by atoms with Crippen LogP contribution in [0.1, 0.15) is 0 Å². The number of methoxy groups -OCH3 is 1. The second-order valence-corrected chi connectivity index (χ2v) is 4.35. The van der Waals surface area contributed by atoms with E-state index in [1.165, 1.54) is 0 Å². The molecule has 0 saturated carbocycles. The number of aromatic nitrogens is 2. The summed E-state index contributed by atoms with van der Waals surface area (Å²) in [6.45, 7) is 0. The summed E-state index contributed by atoms with van der Waals surface area (Å²) in [5, 5.41) is 0. The van der Waals surface area contributed by atoms with Gasteiger partial charge in [0.2, 0.25) is 0 Å². The number of hydrogen-bond donors (Lipinski definition) is 0. The van der Waals surface area contributed by atoms with Crippen LogP contribution >= 0.6 is 0 Å². The van der Waals surface area contributed by atoms with E-state index in [4.69, 9.17) is 4.74 Å². The molecule has 0 bridgehead atoms. The highest BCUT2D eigenvalue weighted by molar-refractivity contribution is 5.64. The Morgan fingerprint density at radius 1 is 0.750 bits per heavy atom. The minimum atomic E-state index is 0.842. The molecule has 3 nitrogen and oxygen atoms in total. The van der Waals surface area contributed by atoms with Gasteiger partial charge in [-0.2, -0.15) is 0 Å². The fraction of sp³-hybridized carbons (Fsp3) is 0.0588. The Morgan fingerprint density at radius 3 is 2.20 bits per heavy atom. The molecule has 0 saturated heterocycles. The van der Waals surface area contributed by atoms with Crippen molar-refractivity contribution in [1.29, 1.82) is 0 Å². The molecule has 2 heterocycles. The Morgan fingerprint density at radius 2 is 1.50 bits per heavy atom. The summed E-state index contributed by atoms with van der Waals surface area (Å²) in [7, 11) is 1.66. The smallest absolute Gasteiger partial charge is 0.118 e. The van der Waals surface area contributed by atoms with Crippen LogP contribution in [0.15, 0.2) is 66.9 Å². The molecule has 0 unspecified atom stereocenters. The molecule has 0 aliphatic carbocycles. The molecule has 0 N–H and O–H groups in total. The Bertz CT molecular complexity index is 694. The first-order chi connectivity index (χ1) is 9.86. The number of benzene rings is 1. The SMILES string of the molecule is COc1ccc(-c2cccc(-c3ccccn3)n2)cc1. The van der Waals surface area contributed by atoms with Crippen molar-refractivity contribution in [1.82, 2.24) is 9.97 Å². The van der Waals surface area contributed by atoms with Crippen molar-refractivity contribution in [3.63, 3.8) is 0 Å². The van der Waals surface area contributed by atoms with Gasteiger partial charge in [-0.15, -0.1) is 0 Å². The summed E-state index contributed by atoms with van der Waals surface area (Å²) in [4.78, 5) is 8.99. The molecule has 2 aromatic heterocycles. The van der Waals surface area contributed by atoms with Crippen molar-refractivity contribution in [2.24, 2.45) is 0 Å². The minimum absolute atomic E-state index is 0.842. The molecule has 3 heteroatoms. The lowest BCUT2D eigenvalue weighted by Gasteiger charge is -2.05. The first-order valence-corrected chi connectivity index (χ1v) is 6.40. The van der Waals surface area contributed by atoms with Crippen LogP contribution in [0, 0.1) is 0 Å². The Kier molecular flexibility index (Phi) is 3.42. The number of pyridine rings is 2. The number of nitrogens with zero attached hydrogens (tertiary/aromatic N) is 2. The van der Waals surface area contributed by atoms with Crippen LogP contribution in [0.25, 0.3) is 22.6 Å². The zero-order chi connectivity index (χ0) is 13.8. The summed E-state index contributed by atoms with van der Waals surface area (Å²) >= 11 is 0. The summed E-state index contributed by atoms with van der Waals surface area (Å²) in [6.07, 6.45) is 1.77. The Balaban J connectivity index is 1.98. The van der Waals surface area contributed by atoms with E-state index < -0.39 is 0 Å². The van der Waals surface area contributed by atoms with Gasteiger partial charge in [0, 0.05) is 11.8 Å². The van der Waals surface area contributed by atoms with Crippen LogP contribution < -0.4 is 4.74 Å². The molecule has 0 radical (unpaired) electrons. The maximum atomic E-state index is 5.17. The third kappa shape index (κ3) is 2.52. The van der Waals surface area contributed by atoms with Crippen molar-refractivity contribution >= 4 is 0 Å². The standard InChI is InChI=1S/C17H14N2O/c1-20-14-10-8-13(9-11-14)15-6-4-7-17(19-15)16-5-2-3-12-18-16/h2-12H,1H3. The fourth-order valence-corrected chi connectivity index (χ4v) is 2.01. The lowest BCUT2D eigenvalue weighted by Crippen LogP contribution is -1.90. The second-order valence-electron chi connectivity index (χ2n) is 4.35. The molecule has 3 rings (SSSR count). The van der Waals surface area contributed by atoms with E-state index in [1.54, 1.807) is 13.3 Å². The van der Waals surface area contributed by atoms with Crippen LogP contribution in [-0.4, -0.2) is 17.1 Å². The number of ether oxygens (including phenoxy) is 1. The quantitative estimate of drug-likeness (QED) is 0.719. The van der Waals surface area contributed by atoms with Crippen molar-refractivity contribution < 1.29 is 4.74 Å². The van der Waals surface area contributed by atoms with Crippen molar-refractivity contribution in [3.8, 4) is 28.4 Å². The molecule has 20 heavy (non-hydrogen) atoms. The highest BCUT2D eigenvalue weighted by Gasteiger charge is 2.04. The molecule has 0 aliphatic rings. The van der Waals surface area contributed by atoms with Crippen LogP contribution in [0.3, 0.4) is 0 Å². The largest absolute Gasteiger partial charge is 0.497 e. The van der Waals surface area contributed by atoms with Gasteiger partial charge in [-0.1, -0.05) is 12.1 Å². The van der Waals surface area contributed by atoms with E-state index in [9.17, 15) is 0 Å². The minimum Gasteiger partial charge on any atom is -0.497 e. The monoisotopic (exact) mass is 262 g/mol. The number of rotatable bonds is 3. The van der Waals surface area contributed by atoms with E-state index in [1.807, 2.05) is 60.7 Å². The summed E-state index contributed by atoms with van der Waals surface area (Å²) in [5.41, 5.74) is 3.74. The molecule has 0 aliphatic heterocycles. The molecule has 98 valence electrons. The predicted molar refractivity (Wildman–Crippen MR) is 79.5 cm³/mol. The van der Waals surface area contributed by atoms with E-state index in [-0.39, 0.29) is 0 Å². The van der Waals surface area contributed by atoms with Gasteiger partial charge >= 0.3 is 0 Å². The highest BCUT2D eigenvalue weighted by atomic mass is 16.5. The Labute approximate surface area is 117 Å². The third-order valence-electron chi connectivity index (χ3n) is 3.06. The lowest BCUT2D eigenvalue weighted by molar-refractivity contribution is 0.415. The summed E-state index contributed by atoms with van der Waals surface area (Å²) in [5.74, 6) is 0.842. The van der Waals surface area contributed by atoms with E-state index in [0.29, 0.717) is 0 Å². The molecule has 0 atom stereocenters. The molecule has 1 aromatic carbocycles. The first kappa shape index (κ1) is 12.4. The van der Waals surface area contributed by atoms with Gasteiger partial charge in [0.05, 0.1) is 24.2 Å². The third-order valence-corrected chi connectivity index (χ3v) is 3.06. The van der Waals surface area contributed by atoms with Gasteiger partial charge in [0.15, 0.2) is 0 Å². The van der Waals surface area contributed by atoms with Crippen LogP contribution in [0.5, 0.6) is 5.75 Å². The predicted octanol–water partition coefficient (Wildman–Crippen LogP) is 3.82. The van der Waals surface area contributed by atoms with Crippen molar-refractivity contribution in [3.05, 3.63) is 66.9 Å². The maximum absolute atomic E-state index is 5.17. The molecule has 0 amide bonds. The summed E-state index contributed by atoms with van der Waals surface area (Å²) in [6, 6.07) is 19.7. The lowest BCUT2D eigenvalue weighted by atomic mass is 10.1. The first-order valence-electron chi connectivity index (χ1n) is 6.40. The molecular formula is C17H14N2O. The van der Waals surface area contributed by atoms with Gasteiger partial charge in [-0.3, -0.25) is 4.98 Å². The average Bonchev–Trinajstić information content (AvgIpc) is 2.56. The van der Waals surface area contributed by atoms with Crippen molar-refractivity contribution in [2.45, 2.75) is 0 Å². The van der Waals surface area contributed by atoms with Crippen LogP contribution in [0.2, 0.25) is 0 Å². The van der Waals surface area contributed by atoms with Crippen LogP contribution in [-0.2, 0) is 0 Å². The average molecular weight is 262 g/mol. The molecule has 0 spiro atoms. The molecule has 0 fully saturated rings. The topological polar surface area (TPSA) is 35.0 Å². The highest BCUT2D eigenvalue weighted by Crippen LogP contribution is 2.23. The Hall–Kier alpha value is -2.68. The van der Waals surface area contributed by atoms with E-state index >= 15 is 0 Å². The van der Waals surface area contributed by atoms with Crippen molar-refractivity contribution in [2.75, 3.05) is 7.11 Å². The van der Waals surface area contributed by atoms with Crippen LogP contribution in [0.4, 0.5) is 0 Å². The van der Waals surface area contributed by atoms with E-state index in [0.717, 1.165) is 28.4 Å². The van der Waals surface area contributed by atoms with Gasteiger partial charge in [-0.25, -0.2) is 4.98 Å². The summed E-state index contributed by atoms with van der Waals surface area (Å²) < 4.78 is 5.17. The normalized spacial score (nSPS) is 10.2. The number of hydrogen-bond acceptors (Lipinski definition) is 3. The second kappa shape index (κ2) is 5.53. The molecular weight excluding hydrogens is 248 g/mol. The van der Waals surface area contributed by atoms with Gasteiger partial charge < -0.3 is 4.74 Å².